The zero-order chi connectivity index (χ0) is 21.4. The number of nitrogens with one attached hydrogen (secondary N) is 2. The molecular formula is C22H28N4O3S. The molecule has 0 bridgehead atoms. The first kappa shape index (κ1) is 21.8. The second-order valence-electron chi connectivity index (χ2n) is 7.15. The molecule has 0 aliphatic carbocycles. The Balaban J connectivity index is 1.42. The first-order valence-electron chi connectivity index (χ1n) is 10.1. The minimum absolute atomic E-state index is 0.0810. The van der Waals surface area contributed by atoms with Crippen molar-refractivity contribution < 1.29 is 13.2 Å². The summed E-state index contributed by atoms with van der Waals surface area (Å²) < 4.78 is 24.6. The van der Waals surface area contributed by atoms with E-state index in [1.807, 2.05) is 29.2 Å². The van der Waals surface area contributed by atoms with Gasteiger partial charge in [-0.15, -0.1) is 0 Å². The molecule has 2 aromatic carbocycles. The quantitative estimate of drug-likeness (QED) is 0.383. The fourth-order valence-electron chi connectivity index (χ4n) is 3.34. The van der Waals surface area contributed by atoms with Crippen molar-refractivity contribution in [2.75, 3.05) is 30.8 Å². The van der Waals surface area contributed by atoms with E-state index < -0.39 is 9.84 Å². The number of benzene rings is 2. The maximum absolute atomic E-state index is 12.3. The van der Waals surface area contributed by atoms with Crippen LogP contribution in [0.2, 0.25) is 0 Å². The molecule has 1 aliphatic rings. The molecule has 0 radical (unpaired) electrons. The molecule has 3 rings (SSSR count). The van der Waals surface area contributed by atoms with Crippen LogP contribution in [0.15, 0.2) is 64.5 Å². The van der Waals surface area contributed by atoms with Gasteiger partial charge >= 0.3 is 0 Å². The Morgan fingerprint density at radius 3 is 2.43 bits per heavy atom. The zero-order valence-corrected chi connectivity index (χ0v) is 18.0. The molecule has 2 aromatic rings. The summed E-state index contributed by atoms with van der Waals surface area (Å²) in [5.74, 6) is 0.878. The molecule has 1 fully saturated rings. The van der Waals surface area contributed by atoms with E-state index in [1.165, 1.54) is 0 Å². The third-order valence-corrected chi connectivity index (χ3v) is 6.81. The lowest BCUT2D eigenvalue weighted by atomic mass is 10.2. The number of rotatable bonds is 8. The lowest BCUT2D eigenvalue weighted by Gasteiger charge is -2.16. The van der Waals surface area contributed by atoms with E-state index in [0.717, 1.165) is 24.2 Å². The van der Waals surface area contributed by atoms with E-state index in [4.69, 9.17) is 0 Å². The topological polar surface area (TPSA) is 90.9 Å². The summed E-state index contributed by atoms with van der Waals surface area (Å²) in [6.07, 6.45) is 2.02. The van der Waals surface area contributed by atoms with Crippen LogP contribution < -0.4 is 15.5 Å². The lowest BCUT2D eigenvalue weighted by Crippen LogP contribution is -2.37. The van der Waals surface area contributed by atoms with Gasteiger partial charge in [0.2, 0.25) is 5.91 Å². The summed E-state index contributed by atoms with van der Waals surface area (Å²) in [4.78, 5) is 18.2. The van der Waals surface area contributed by atoms with E-state index in [2.05, 4.69) is 15.6 Å². The first-order valence-corrected chi connectivity index (χ1v) is 11.8. The average molecular weight is 429 g/mol. The molecule has 1 amide bonds. The van der Waals surface area contributed by atoms with Gasteiger partial charge in [0.15, 0.2) is 15.8 Å². The predicted molar refractivity (Wildman–Crippen MR) is 119 cm³/mol. The standard InChI is InChI=1S/C22H28N4O3S/c1-23-22(24-14-6-16-30(28,29)20-7-3-2-4-8-20)25-17-18-10-12-19(13-11-18)26-15-5-9-21(26)27/h2-4,7-8,10-13H,5-6,9,14-17H2,1H3,(H2,23,24,25). The third-order valence-electron chi connectivity index (χ3n) is 4.99. The Bertz CT molecular complexity index is 973. The SMILES string of the molecule is CN=C(NCCCS(=O)(=O)c1ccccc1)NCc1ccc(N2CCCC2=O)cc1. The van der Waals surface area contributed by atoms with Crippen LogP contribution in [0, 0.1) is 0 Å². The molecule has 1 aliphatic heterocycles. The van der Waals surface area contributed by atoms with E-state index >= 15 is 0 Å². The maximum Gasteiger partial charge on any atom is 0.227 e. The van der Waals surface area contributed by atoms with Crippen molar-refractivity contribution in [2.24, 2.45) is 4.99 Å². The first-order chi connectivity index (χ1) is 14.5. The van der Waals surface area contributed by atoms with Crippen molar-refractivity contribution in [2.45, 2.75) is 30.7 Å². The maximum atomic E-state index is 12.3. The summed E-state index contributed by atoms with van der Waals surface area (Å²) in [5.41, 5.74) is 2.00. The van der Waals surface area contributed by atoms with E-state index in [-0.39, 0.29) is 11.7 Å². The summed E-state index contributed by atoms with van der Waals surface area (Å²) >= 11 is 0. The van der Waals surface area contributed by atoms with Crippen LogP contribution in [0.5, 0.6) is 0 Å². The number of nitrogens with zero attached hydrogens (tertiary/aromatic N) is 2. The number of aliphatic imine (C=N–C) groups is 1. The van der Waals surface area contributed by atoms with Gasteiger partial charge in [-0.3, -0.25) is 9.79 Å². The van der Waals surface area contributed by atoms with Crippen LogP contribution in [-0.4, -0.2) is 46.2 Å². The Morgan fingerprint density at radius 1 is 1.07 bits per heavy atom. The fourth-order valence-corrected chi connectivity index (χ4v) is 4.67. The fraction of sp³-hybridized carbons (Fsp3) is 0.364. The van der Waals surface area contributed by atoms with Crippen LogP contribution in [0.4, 0.5) is 5.69 Å². The van der Waals surface area contributed by atoms with Crippen molar-refractivity contribution in [3.05, 3.63) is 60.2 Å². The van der Waals surface area contributed by atoms with Gasteiger partial charge in [0, 0.05) is 38.8 Å². The van der Waals surface area contributed by atoms with Crippen molar-refractivity contribution in [1.82, 2.24) is 10.6 Å². The summed E-state index contributed by atoms with van der Waals surface area (Å²) in [6, 6.07) is 16.4. The molecule has 0 spiro atoms. The molecule has 1 saturated heterocycles. The highest BCUT2D eigenvalue weighted by atomic mass is 32.2. The largest absolute Gasteiger partial charge is 0.356 e. The van der Waals surface area contributed by atoms with Crippen molar-refractivity contribution in [3.8, 4) is 0 Å². The lowest BCUT2D eigenvalue weighted by molar-refractivity contribution is -0.117. The summed E-state index contributed by atoms with van der Waals surface area (Å²) in [6.45, 7) is 1.87. The van der Waals surface area contributed by atoms with Crippen LogP contribution in [0.1, 0.15) is 24.8 Å². The number of amides is 1. The second-order valence-corrected chi connectivity index (χ2v) is 9.26. The second kappa shape index (κ2) is 10.2. The highest BCUT2D eigenvalue weighted by Crippen LogP contribution is 2.21. The number of hydrogen-bond acceptors (Lipinski definition) is 4. The number of anilines is 1. The van der Waals surface area contributed by atoms with Gasteiger partial charge in [0.1, 0.15) is 0 Å². The van der Waals surface area contributed by atoms with Crippen LogP contribution in [-0.2, 0) is 21.2 Å². The molecule has 2 N–H and O–H groups in total. The van der Waals surface area contributed by atoms with Crippen LogP contribution in [0.25, 0.3) is 0 Å². The van der Waals surface area contributed by atoms with Gasteiger partial charge in [0.05, 0.1) is 10.6 Å². The number of carbonyl (C=O) groups excluding carboxylic acids is 1. The Labute approximate surface area is 178 Å². The van der Waals surface area contributed by atoms with Crippen molar-refractivity contribution in [3.63, 3.8) is 0 Å². The molecule has 0 atom stereocenters. The van der Waals surface area contributed by atoms with Gasteiger partial charge in [-0.25, -0.2) is 8.42 Å². The minimum Gasteiger partial charge on any atom is -0.356 e. The molecular weight excluding hydrogens is 400 g/mol. The number of sulfone groups is 1. The molecule has 160 valence electrons. The van der Waals surface area contributed by atoms with Crippen molar-refractivity contribution >= 4 is 27.4 Å². The Hall–Kier alpha value is -2.87. The third kappa shape index (κ3) is 5.82. The molecule has 8 heteroatoms. The molecule has 0 unspecified atom stereocenters. The number of carbonyl (C=O) groups is 1. The van der Waals surface area contributed by atoms with Gasteiger partial charge in [-0.2, -0.15) is 0 Å². The molecule has 0 aromatic heterocycles. The zero-order valence-electron chi connectivity index (χ0n) is 17.2. The average Bonchev–Trinajstić information content (AvgIpc) is 3.20. The number of guanidine groups is 1. The van der Waals surface area contributed by atoms with Gasteiger partial charge < -0.3 is 15.5 Å². The number of hydrogen-bond donors (Lipinski definition) is 2. The molecule has 1 heterocycles. The monoisotopic (exact) mass is 428 g/mol. The molecule has 0 saturated carbocycles. The summed E-state index contributed by atoms with van der Waals surface area (Å²) in [5, 5.41) is 6.37. The predicted octanol–water partition coefficient (Wildman–Crippen LogP) is 2.34. The smallest absolute Gasteiger partial charge is 0.227 e. The summed E-state index contributed by atoms with van der Waals surface area (Å²) in [7, 11) is -1.58. The van der Waals surface area contributed by atoms with E-state index in [9.17, 15) is 13.2 Å². The van der Waals surface area contributed by atoms with E-state index in [1.54, 1.807) is 37.4 Å². The molecule has 30 heavy (non-hydrogen) atoms. The Kier molecular flexibility index (Phi) is 7.46. The van der Waals surface area contributed by atoms with Crippen molar-refractivity contribution in [1.29, 1.82) is 0 Å². The van der Waals surface area contributed by atoms with Crippen LogP contribution in [0.3, 0.4) is 0 Å². The highest BCUT2D eigenvalue weighted by molar-refractivity contribution is 7.91. The Morgan fingerprint density at radius 2 is 1.80 bits per heavy atom. The highest BCUT2D eigenvalue weighted by Gasteiger charge is 2.21. The minimum atomic E-state index is -3.26. The van der Waals surface area contributed by atoms with Gasteiger partial charge in [-0.1, -0.05) is 30.3 Å². The van der Waals surface area contributed by atoms with E-state index in [0.29, 0.717) is 36.8 Å². The van der Waals surface area contributed by atoms with Gasteiger partial charge in [-0.05, 0) is 42.7 Å². The van der Waals surface area contributed by atoms with Gasteiger partial charge in [0.25, 0.3) is 0 Å². The molecule has 7 nitrogen and oxygen atoms in total. The van der Waals surface area contributed by atoms with Crippen LogP contribution >= 0.6 is 0 Å². The normalized spacial score (nSPS) is 14.8.